The summed E-state index contributed by atoms with van der Waals surface area (Å²) in [6, 6.07) is 3.62. The number of anilines is 1. The molecule has 0 spiro atoms. The quantitative estimate of drug-likeness (QED) is 0.876. The number of nitrogen functional groups attached to an aromatic ring is 1. The fourth-order valence-corrected chi connectivity index (χ4v) is 2.88. The molecule has 3 N–H and O–H groups in total. The van der Waals surface area contributed by atoms with Crippen LogP contribution in [0.1, 0.15) is 9.67 Å². The molecule has 7 heteroatoms. The number of rotatable bonds is 4. The van der Waals surface area contributed by atoms with Crippen molar-refractivity contribution in [2.24, 2.45) is 0 Å². The maximum atomic E-state index is 11.9. The first-order valence-corrected chi connectivity index (χ1v) is 7.85. The van der Waals surface area contributed by atoms with Gasteiger partial charge in [-0.25, -0.2) is 4.98 Å². The van der Waals surface area contributed by atoms with Crippen molar-refractivity contribution in [1.82, 2.24) is 10.3 Å². The number of carbonyl (C=O) groups is 1. The predicted octanol–water partition coefficient (Wildman–Crippen LogP) is 0.987. The number of pyridine rings is 1. The molecule has 0 aliphatic carbocycles. The van der Waals surface area contributed by atoms with Crippen molar-refractivity contribution in [3.05, 3.63) is 23.2 Å². The Morgan fingerprint density at radius 3 is 3.06 bits per heavy atom. The van der Waals surface area contributed by atoms with E-state index in [4.69, 9.17) is 5.73 Å². The Morgan fingerprint density at radius 1 is 1.61 bits per heavy atom. The van der Waals surface area contributed by atoms with E-state index in [1.165, 1.54) is 11.3 Å². The molecule has 2 heterocycles. The summed E-state index contributed by atoms with van der Waals surface area (Å²) < 4.78 is 10.9. The summed E-state index contributed by atoms with van der Waals surface area (Å²) in [5.74, 6) is 0.204. The SMILES string of the molecule is CS(=O)CCNC(=O)c1sc2ncccc2c1N. The molecule has 96 valence electrons. The molecule has 0 aliphatic heterocycles. The number of nitrogens with two attached hydrogens (primary N) is 1. The van der Waals surface area contributed by atoms with Gasteiger partial charge in [-0.3, -0.25) is 9.00 Å². The lowest BCUT2D eigenvalue weighted by atomic mass is 10.2. The van der Waals surface area contributed by atoms with Crippen molar-refractivity contribution < 1.29 is 9.00 Å². The van der Waals surface area contributed by atoms with E-state index in [1.807, 2.05) is 6.07 Å². The van der Waals surface area contributed by atoms with Crippen molar-refractivity contribution in [3.8, 4) is 0 Å². The molecular weight excluding hydrogens is 270 g/mol. The fourth-order valence-electron chi connectivity index (χ4n) is 1.51. The zero-order valence-electron chi connectivity index (χ0n) is 9.80. The highest BCUT2D eigenvalue weighted by Gasteiger charge is 2.16. The van der Waals surface area contributed by atoms with Crippen LogP contribution in [-0.2, 0) is 10.8 Å². The number of hydrogen-bond donors (Lipinski definition) is 2. The zero-order chi connectivity index (χ0) is 13.1. The third-order valence-corrected chi connectivity index (χ3v) is 4.29. The molecule has 0 bridgehead atoms. The Morgan fingerprint density at radius 2 is 2.39 bits per heavy atom. The third-order valence-electron chi connectivity index (χ3n) is 2.39. The lowest BCUT2D eigenvalue weighted by Gasteiger charge is -2.02. The molecule has 5 nitrogen and oxygen atoms in total. The summed E-state index contributed by atoms with van der Waals surface area (Å²) >= 11 is 1.27. The summed E-state index contributed by atoms with van der Waals surface area (Å²) in [5, 5.41) is 3.50. The van der Waals surface area contributed by atoms with Gasteiger partial charge in [0.05, 0.1) is 5.69 Å². The zero-order valence-corrected chi connectivity index (χ0v) is 11.4. The maximum absolute atomic E-state index is 11.9. The van der Waals surface area contributed by atoms with Gasteiger partial charge in [0, 0.05) is 40.9 Å². The summed E-state index contributed by atoms with van der Waals surface area (Å²) in [5.41, 5.74) is 6.38. The highest BCUT2D eigenvalue weighted by molar-refractivity contribution is 7.84. The molecule has 2 aromatic heterocycles. The first kappa shape index (κ1) is 13.0. The van der Waals surface area contributed by atoms with Gasteiger partial charge >= 0.3 is 0 Å². The summed E-state index contributed by atoms with van der Waals surface area (Å²) in [7, 11) is -0.913. The van der Waals surface area contributed by atoms with E-state index in [0.29, 0.717) is 22.9 Å². The first-order valence-electron chi connectivity index (χ1n) is 5.31. The standard InChI is InChI=1S/C11H13N3O2S2/c1-18(16)6-5-13-10(15)9-8(12)7-3-2-4-14-11(7)17-9/h2-4H,5-6,12H2,1H3,(H,13,15). The Labute approximate surface area is 111 Å². The normalized spacial score (nSPS) is 12.5. The Kier molecular flexibility index (Phi) is 3.93. The van der Waals surface area contributed by atoms with Gasteiger partial charge in [-0.15, -0.1) is 11.3 Å². The molecule has 0 aromatic carbocycles. The van der Waals surface area contributed by atoms with Gasteiger partial charge in [-0.1, -0.05) is 0 Å². The first-order chi connectivity index (χ1) is 8.59. The number of thiophene rings is 1. The molecule has 1 atom stereocenters. The number of carbonyl (C=O) groups excluding carboxylic acids is 1. The van der Waals surface area contributed by atoms with Crippen molar-refractivity contribution >= 4 is 43.9 Å². The van der Waals surface area contributed by atoms with E-state index in [0.717, 1.165) is 10.2 Å². The molecule has 18 heavy (non-hydrogen) atoms. The third kappa shape index (κ3) is 2.68. The van der Waals surface area contributed by atoms with Crippen molar-refractivity contribution in [2.45, 2.75) is 0 Å². The number of nitrogens with zero attached hydrogens (tertiary/aromatic N) is 1. The molecule has 2 aromatic rings. The monoisotopic (exact) mass is 283 g/mol. The predicted molar refractivity (Wildman–Crippen MR) is 75.3 cm³/mol. The van der Waals surface area contributed by atoms with Crippen molar-refractivity contribution in [3.63, 3.8) is 0 Å². The van der Waals surface area contributed by atoms with Gasteiger partial charge in [0.15, 0.2) is 0 Å². The minimum absolute atomic E-state index is 0.235. The Balaban J connectivity index is 2.17. The van der Waals surface area contributed by atoms with E-state index in [9.17, 15) is 9.00 Å². The minimum Gasteiger partial charge on any atom is -0.397 e. The van der Waals surface area contributed by atoms with Gasteiger partial charge < -0.3 is 11.1 Å². The maximum Gasteiger partial charge on any atom is 0.263 e. The van der Waals surface area contributed by atoms with E-state index < -0.39 is 10.8 Å². The van der Waals surface area contributed by atoms with Crippen LogP contribution >= 0.6 is 11.3 Å². The Bertz CT molecular complexity index is 609. The molecule has 0 aliphatic rings. The minimum atomic E-state index is -0.913. The van der Waals surface area contributed by atoms with E-state index in [-0.39, 0.29) is 5.91 Å². The second-order valence-corrected chi connectivity index (χ2v) is 6.29. The average Bonchev–Trinajstić information content (AvgIpc) is 2.67. The highest BCUT2D eigenvalue weighted by Crippen LogP contribution is 2.31. The fraction of sp³-hybridized carbons (Fsp3) is 0.273. The number of amides is 1. The summed E-state index contributed by atoms with van der Waals surface area (Å²) in [4.78, 5) is 17.3. The van der Waals surface area contributed by atoms with Crippen LogP contribution in [0.2, 0.25) is 0 Å². The molecular formula is C11H13N3O2S2. The van der Waals surface area contributed by atoms with Gasteiger partial charge in [-0.2, -0.15) is 0 Å². The van der Waals surface area contributed by atoms with Crippen LogP contribution in [0.3, 0.4) is 0 Å². The van der Waals surface area contributed by atoms with Crippen LogP contribution in [0.25, 0.3) is 10.2 Å². The second-order valence-electron chi connectivity index (χ2n) is 3.73. The lowest BCUT2D eigenvalue weighted by molar-refractivity contribution is 0.0961. The van der Waals surface area contributed by atoms with E-state index in [2.05, 4.69) is 10.3 Å². The second kappa shape index (κ2) is 5.45. The summed E-state index contributed by atoms with van der Waals surface area (Å²) in [6.45, 7) is 0.378. The van der Waals surface area contributed by atoms with Gasteiger partial charge in [0.25, 0.3) is 5.91 Å². The summed E-state index contributed by atoms with van der Waals surface area (Å²) in [6.07, 6.45) is 3.27. The molecule has 1 amide bonds. The molecule has 1 unspecified atom stereocenters. The lowest BCUT2D eigenvalue weighted by Crippen LogP contribution is -2.27. The van der Waals surface area contributed by atoms with Crippen LogP contribution in [0.5, 0.6) is 0 Å². The van der Waals surface area contributed by atoms with Crippen LogP contribution in [0.15, 0.2) is 18.3 Å². The van der Waals surface area contributed by atoms with Crippen LogP contribution in [0, 0.1) is 0 Å². The number of nitrogens with one attached hydrogen (secondary N) is 1. The number of fused-ring (bicyclic) bond motifs is 1. The number of hydrogen-bond acceptors (Lipinski definition) is 5. The van der Waals surface area contributed by atoms with Gasteiger partial charge in [0.2, 0.25) is 0 Å². The van der Waals surface area contributed by atoms with Crippen LogP contribution in [0.4, 0.5) is 5.69 Å². The van der Waals surface area contributed by atoms with Crippen LogP contribution in [-0.4, -0.2) is 33.7 Å². The average molecular weight is 283 g/mol. The molecule has 2 rings (SSSR count). The number of aromatic nitrogens is 1. The van der Waals surface area contributed by atoms with Crippen molar-refractivity contribution in [2.75, 3.05) is 24.3 Å². The van der Waals surface area contributed by atoms with E-state index in [1.54, 1.807) is 18.5 Å². The molecule has 0 radical (unpaired) electrons. The topological polar surface area (TPSA) is 85.1 Å². The Hall–Kier alpha value is -1.47. The van der Waals surface area contributed by atoms with Crippen molar-refractivity contribution in [1.29, 1.82) is 0 Å². The van der Waals surface area contributed by atoms with E-state index >= 15 is 0 Å². The van der Waals surface area contributed by atoms with Crippen LogP contribution < -0.4 is 11.1 Å². The molecule has 0 saturated heterocycles. The van der Waals surface area contributed by atoms with Gasteiger partial charge in [0.1, 0.15) is 9.71 Å². The smallest absolute Gasteiger partial charge is 0.263 e. The van der Waals surface area contributed by atoms with Gasteiger partial charge in [-0.05, 0) is 12.1 Å². The molecule has 0 fully saturated rings. The molecule has 0 saturated carbocycles. The largest absolute Gasteiger partial charge is 0.397 e. The highest BCUT2D eigenvalue weighted by atomic mass is 32.2.